The van der Waals surface area contributed by atoms with E-state index in [-0.39, 0.29) is 5.97 Å². The molecule has 0 radical (unpaired) electrons. The third-order valence-electron chi connectivity index (χ3n) is 6.81. The number of ether oxygens (including phenoxy) is 1. The lowest BCUT2D eigenvalue weighted by Gasteiger charge is -2.37. The fourth-order valence-corrected chi connectivity index (χ4v) is 6.44. The first-order valence-corrected chi connectivity index (χ1v) is 13.1. The lowest BCUT2D eigenvalue weighted by molar-refractivity contribution is 0.0526. The van der Waals surface area contributed by atoms with Crippen LogP contribution in [0.4, 0.5) is 16.6 Å². The van der Waals surface area contributed by atoms with Crippen molar-refractivity contribution < 1.29 is 9.53 Å². The lowest BCUT2D eigenvalue weighted by Crippen LogP contribution is -2.40. The second-order valence-electron chi connectivity index (χ2n) is 8.90. The molecule has 0 spiro atoms. The third kappa shape index (κ3) is 4.31. The molecule has 2 aromatic heterocycles. The zero-order valence-electron chi connectivity index (χ0n) is 19.5. The summed E-state index contributed by atoms with van der Waals surface area (Å²) in [6.45, 7) is 5.45. The van der Waals surface area contributed by atoms with Gasteiger partial charge in [-0.15, -0.1) is 11.3 Å². The molecule has 6 nitrogen and oxygen atoms in total. The van der Waals surface area contributed by atoms with Crippen LogP contribution in [-0.4, -0.2) is 35.1 Å². The molecule has 3 aromatic rings. The van der Waals surface area contributed by atoms with Crippen LogP contribution in [0.15, 0.2) is 24.3 Å². The number of aryl methyl sites for hydroxylation is 1. The van der Waals surface area contributed by atoms with Gasteiger partial charge in [-0.05, 0) is 76.0 Å². The van der Waals surface area contributed by atoms with Crippen LogP contribution in [0.2, 0.25) is 0 Å². The number of para-hydroxylation sites is 2. The second-order valence-corrected chi connectivity index (χ2v) is 10.0. The molecule has 33 heavy (non-hydrogen) atoms. The molecule has 1 N–H and O–H groups in total. The van der Waals surface area contributed by atoms with Gasteiger partial charge in [0, 0.05) is 17.5 Å². The molecule has 1 fully saturated rings. The number of aromatic nitrogens is 2. The molecule has 1 aliphatic carbocycles. The normalized spacial score (nSPS) is 18.2. The Balaban J connectivity index is 1.62. The summed E-state index contributed by atoms with van der Waals surface area (Å²) < 4.78 is 5.46. The number of carbonyl (C=O) groups excluding carboxylic acids is 1. The number of nitrogens with zero attached hydrogens (tertiary/aromatic N) is 3. The van der Waals surface area contributed by atoms with Crippen LogP contribution in [0, 0.1) is 0 Å². The van der Waals surface area contributed by atoms with E-state index in [4.69, 9.17) is 14.7 Å². The van der Waals surface area contributed by atoms with Crippen molar-refractivity contribution in [2.75, 3.05) is 23.4 Å². The maximum absolute atomic E-state index is 13.0. The van der Waals surface area contributed by atoms with E-state index >= 15 is 0 Å². The van der Waals surface area contributed by atoms with Crippen molar-refractivity contribution in [3.05, 3.63) is 40.3 Å². The van der Waals surface area contributed by atoms with E-state index in [1.54, 1.807) is 11.3 Å². The monoisotopic (exact) mass is 464 g/mol. The second kappa shape index (κ2) is 9.67. The number of rotatable bonds is 6. The summed E-state index contributed by atoms with van der Waals surface area (Å²) in [5.41, 5.74) is 3.61. The van der Waals surface area contributed by atoms with Crippen LogP contribution in [0.1, 0.15) is 73.2 Å². The van der Waals surface area contributed by atoms with Crippen molar-refractivity contribution in [1.29, 1.82) is 0 Å². The number of anilines is 3. The molecule has 1 unspecified atom stereocenters. The maximum atomic E-state index is 13.0. The van der Waals surface area contributed by atoms with Crippen LogP contribution in [-0.2, 0) is 17.6 Å². The zero-order chi connectivity index (χ0) is 22.8. The van der Waals surface area contributed by atoms with E-state index in [0.717, 1.165) is 71.9 Å². The van der Waals surface area contributed by atoms with Crippen LogP contribution >= 0.6 is 11.3 Å². The average Bonchev–Trinajstić information content (AvgIpc) is 3.21. The molecule has 0 bridgehead atoms. The lowest BCUT2D eigenvalue weighted by atomic mass is 9.95. The molecule has 1 aromatic carbocycles. The van der Waals surface area contributed by atoms with E-state index in [1.807, 2.05) is 31.2 Å². The van der Waals surface area contributed by atoms with Gasteiger partial charge in [-0.25, -0.2) is 14.8 Å². The highest BCUT2D eigenvalue weighted by Crippen LogP contribution is 2.41. The van der Waals surface area contributed by atoms with Crippen molar-refractivity contribution in [3.63, 3.8) is 0 Å². The summed E-state index contributed by atoms with van der Waals surface area (Å²) in [5, 5.41) is 4.42. The van der Waals surface area contributed by atoms with Crippen LogP contribution in [0.3, 0.4) is 0 Å². The Morgan fingerprint density at radius 2 is 1.91 bits per heavy atom. The first kappa shape index (κ1) is 22.1. The number of fused-ring (bicyclic) bond motifs is 2. The largest absolute Gasteiger partial charge is 0.462 e. The van der Waals surface area contributed by atoms with Gasteiger partial charge in [-0.2, -0.15) is 0 Å². The molecule has 0 saturated carbocycles. The van der Waals surface area contributed by atoms with E-state index in [0.29, 0.717) is 18.2 Å². The molecule has 7 heteroatoms. The highest BCUT2D eigenvalue weighted by atomic mass is 32.1. The fourth-order valence-electron chi connectivity index (χ4n) is 5.16. The maximum Gasteiger partial charge on any atom is 0.341 e. The van der Waals surface area contributed by atoms with Gasteiger partial charge in [0.2, 0.25) is 0 Å². The van der Waals surface area contributed by atoms with E-state index < -0.39 is 0 Å². The predicted molar refractivity (Wildman–Crippen MR) is 135 cm³/mol. The van der Waals surface area contributed by atoms with Crippen molar-refractivity contribution in [1.82, 2.24) is 9.97 Å². The van der Waals surface area contributed by atoms with E-state index in [1.165, 1.54) is 24.1 Å². The molecule has 1 aliphatic heterocycles. The molecule has 1 saturated heterocycles. The number of benzene rings is 1. The minimum atomic E-state index is -0.237. The van der Waals surface area contributed by atoms with Gasteiger partial charge in [-0.1, -0.05) is 19.1 Å². The number of hydrogen-bond acceptors (Lipinski definition) is 7. The summed E-state index contributed by atoms with van der Waals surface area (Å²) in [7, 11) is 0. The Morgan fingerprint density at radius 3 is 2.70 bits per heavy atom. The summed E-state index contributed by atoms with van der Waals surface area (Å²) in [5.74, 6) is 1.39. The number of carbonyl (C=O) groups is 1. The van der Waals surface area contributed by atoms with Crippen LogP contribution in [0.5, 0.6) is 0 Å². The molecule has 174 valence electrons. The van der Waals surface area contributed by atoms with Crippen molar-refractivity contribution in [2.24, 2.45) is 0 Å². The summed E-state index contributed by atoms with van der Waals surface area (Å²) in [6, 6.07) is 8.47. The van der Waals surface area contributed by atoms with Gasteiger partial charge in [0.15, 0.2) is 11.6 Å². The number of piperidine rings is 1. The first-order chi connectivity index (χ1) is 16.2. The third-order valence-corrected chi connectivity index (χ3v) is 8.01. The van der Waals surface area contributed by atoms with Gasteiger partial charge < -0.3 is 15.0 Å². The van der Waals surface area contributed by atoms with Gasteiger partial charge in [0.1, 0.15) is 5.00 Å². The molecule has 1 atom stereocenters. The number of thiophene rings is 1. The first-order valence-electron chi connectivity index (χ1n) is 12.3. The Labute approximate surface area is 199 Å². The Morgan fingerprint density at radius 1 is 1.12 bits per heavy atom. The molecular weight excluding hydrogens is 432 g/mol. The van der Waals surface area contributed by atoms with Crippen LogP contribution < -0.4 is 10.2 Å². The Bertz CT molecular complexity index is 1160. The van der Waals surface area contributed by atoms with Gasteiger partial charge in [0.25, 0.3) is 0 Å². The van der Waals surface area contributed by atoms with E-state index in [2.05, 4.69) is 17.1 Å². The van der Waals surface area contributed by atoms with Crippen LogP contribution in [0.25, 0.3) is 11.0 Å². The predicted octanol–water partition coefficient (Wildman–Crippen LogP) is 6.26. The smallest absolute Gasteiger partial charge is 0.341 e. The minimum Gasteiger partial charge on any atom is -0.462 e. The van der Waals surface area contributed by atoms with Crippen molar-refractivity contribution >= 4 is 45.0 Å². The van der Waals surface area contributed by atoms with Gasteiger partial charge >= 0.3 is 5.97 Å². The summed E-state index contributed by atoms with van der Waals surface area (Å²) in [6.07, 6.45) is 8.90. The van der Waals surface area contributed by atoms with Gasteiger partial charge in [0.05, 0.1) is 23.2 Å². The van der Waals surface area contributed by atoms with Crippen molar-refractivity contribution in [3.8, 4) is 0 Å². The fraction of sp³-hybridized carbons (Fsp3) is 0.500. The Kier molecular flexibility index (Phi) is 6.49. The molecule has 0 amide bonds. The molecule has 2 aliphatic rings. The molecular formula is C26H32N4O2S. The SMILES string of the molecule is CCOC(=O)c1c(Nc2nc3ccccc3nc2N2CCCCC2CC)sc2c1CCCC2. The molecule has 3 heterocycles. The number of nitrogens with one attached hydrogen (secondary N) is 1. The summed E-state index contributed by atoms with van der Waals surface area (Å²) >= 11 is 1.68. The minimum absolute atomic E-state index is 0.237. The van der Waals surface area contributed by atoms with Gasteiger partial charge in [-0.3, -0.25) is 0 Å². The topological polar surface area (TPSA) is 67.3 Å². The average molecular weight is 465 g/mol. The highest BCUT2D eigenvalue weighted by molar-refractivity contribution is 7.16. The number of esters is 1. The quantitative estimate of drug-likeness (QED) is 0.434. The highest BCUT2D eigenvalue weighted by Gasteiger charge is 2.29. The molecule has 5 rings (SSSR count). The zero-order valence-corrected chi connectivity index (χ0v) is 20.3. The summed E-state index contributed by atoms with van der Waals surface area (Å²) in [4.78, 5) is 26.8. The standard InChI is InChI=1S/C26H32N4O2S/c1-3-17-11-9-10-16-30(17)24-23(27-19-13-6-7-14-20(19)28-24)29-25-22(26(31)32-4-2)18-12-5-8-15-21(18)33-25/h6-7,13-14,17H,3-5,8-12,15-16H2,1-2H3,(H,27,29). The van der Waals surface area contributed by atoms with E-state index in [9.17, 15) is 4.79 Å². The Hall–Kier alpha value is -2.67. The number of hydrogen-bond donors (Lipinski definition) is 1. The van der Waals surface area contributed by atoms with Crippen molar-refractivity contribution in [2.45, 2.75) is 71.3 Å².